The van der Waals surface area contributed by atoms with E-state index >= 15 is 0 Å². The van der Waals surface area contributed by atoms with Crippen molar-refractivity contribution in [3.63, 3.8) is 0 Å². The van der Waals surface area contributed by atoms with Gasteiger partial charge in [0.1, 0.15) is 10.7 Å². The fraction of sp³-hybridized carbons (Fsp3) is 0.0588. The number of anilines is 1. The standard InChI is InChI=1S/C17H12ClFN2O4S2/c1-25-16(22)11-4-7-13(19)15(8-11)27(23,24)21-17-20-14(9-26-17)10-2-5-12(18)6-3-10/h2-9H,1H3,(H,20,21). The maximum absolute atomic E-state index is 14.0. The van der Waals surface area contributed by atoms with E-state index < -0.39 is 26.7 Å². The van der Waals surface area contributed by atoms with Crippen LogP contribution in [0.3, 0.4) is 0 Å². The van der Waals surface area contributed by atoms with E-state index in [-0.39, 0.29) is 10.7 Å². The zero-order valence-electron chi connectivity index (χ0n) is 13.8. The molecule has 0 unspecified atom stereocenters. The lowest BCUT2D eigenvalue weighted by atomic mass is 10.2. The van der Waals surface area contributed by atoms with E-state index in [4.69, 9.17) is 11.6 Å². The highest BCUT2D eigenvalue weighted by molar-refractivity contribution is 7.93. The van der Waals surface area contributed by atoms with Crippen LogP contribution in [0.2, 0.25) is 5.02 Å². The molecule has 0 saturated carbocycles. The second kappa shape index (κ2) is 7.63. The van der Waals surface area contributed by atoms with Crippen LogP contribution >= 0.6 is 22.9 Å². The largest absolute Gasteiger partial charge is 0.465 e. The third-order valence-electron chi connectivity index (χ3n) is 3.51. The third kappa shape index (κ3) is 4.26. The molecule has 0 aliphatic rings. The summed E-state index contributed by atoms with van der Waals surface area (Å²) in [4.78, 5) is 15.1. The number of hydrogen-bond acceptors (Lipinski definition) is 6. The number of benzene rings is 2. The number of methoxy groups -OCH3 is 1. The Morgan fingerprint density at radius 3 is 2.59 bits per heavy atom. The number of nitrogens with one attached hydrogen (secondary N) is 1. The molecule has 140 valence electrons. The van der Waals surface area contributed by atoms with Gasteiger partial charge in [0, 0.05) is 16.0 Å². The molecule has 0 amide bonds. The maximum atomic E-state index is 14.0. The summed E-state index contributed by atoms with van der Waals surface area (Å²) in [7, 11) is -3.14. The maximum Gasteiger partial charge on any atom is 0.337 e. The van der Waals surface area contributed by atoms with Gasteiger partial charge in [0.25, 0.3) is 10.0 Å². The van der Waals surface area contributed by atoms with Crippen LogP contribution in [0.25, 0.3) is 11.3 Å². The van der Waals surface area contributed by atoms with Crippen LogP contribution in [0.4, 0.5) is 9.52 Å². The summed E-state index contributed by atoms with van der Waals surface area (Å²) in [6.45, 7) is 0. The fourth-order valence-electron chi connectivity index (χ4n) is 2.20. The molecule has 27 heavy (non-hydrogen) atoms. The Morgan fingerprint density at radius 2 is 1.93 bits per heavy atom. The topological polar surface area (TPSA) is 85.4 Å². The summed E-state index contributed by atoms with van der Waals surface area (Å²) in [5.41, 5.74) is 1.21. The molecule has 0 saturated heterocycles. The minimum Gasteiger partial charge on any atom is -0.465 e. The highest BCUT2D eigenvalue weighted by atomic mass is 35.5. The van der Waals surface area contributed by atoms with Gasteiger partial charge in [0.2, 0.25) is 0 Å². The van der Waals surface area contributed by atoms with Gasteiger partial charge in [-0.1, -0.05) is 23.7 Å². The first kappa shape index (κ1) is 19.3. The molecule has 0 spiro atoms. The summed E-state index contributed by atoms with van der Waals surface area (Å²) >= 11 is 6.88. The fourth-order valence-corrected chi connectivity index (χ4v) is 4.40. The molecule has 6 nitrogen and oxygen atoms in total. The lowest BCUT2D eigenvalue weighted by Gasteiger charge is -2.08. The van der Waals surface area contributed by atoms with Crippen LogP contribution in [-0.2, 0) is 14.8 Å². The first-order valence-electron chi connectivity index (χ1n) is 7.42. The van der Waals surface area contributed by atoms with Crippen LogP contribution in [0.15, 0.2) is 52.7 Å². The molecule has 0 atom stereocenters. The Balaban J connectivity index is 1.89. The molecule has 0 radical (unpaired) electrons. The number of aromatic nitrogens is 1. The lowest BCUT2D eigenvalue weighted by Crippen LogP contribution is -2.15. The van der Waals surface area contributed by atoms with E-state index in [2.05, 4.69) is 14.4 Å². The van der Waals surface area contributed by atoms with Crippen molar-refractivity contribution in [1.29, 1.82) is 0 Å². The van der Waals surface area contributed by atoms with E-state index in [1.807, 2.05) is 0 Å². The molecule has 1 N–H and O–H groups in total. The van der Waals surface area contributed by atoms with E-state index in [0.29, 0.717) is 10.7 Å². The molecule has 0 fully saturated rings. The molecular weight excluding hydrogens is 415 g/mol. The number of thiazole rings is 1. The first-order chi connectivity index (χ1) is 12.8. The minimum atomic E-state index is -4.29. The van der Waals surface area contributed by atoms with E-state index in [0.717, 1.165) is 42.2 Å². The summed E-state index contributed by atoms with van der Waals surface area (Å²) in [5.74, 6) is -1.77. The number of rotatable bonds is 5. The summed E-state index contributed by atoms with van der Waals surface area (Å²) < 4.78 is 45.8. The first-order valence-corrected chi connectivity index (χ1v) is 10.2. The third-order valence-corrected chi connectivity index (χ3v) is 6.00. The van der Waals surface area contributed by atoms with Gasteiger partial charge < -0.3 is 4.74 Å². The van der Waals surface area contributed by atoms with E-state index in [9.17, 15) is 17.6 Å². The van der Waals surface area contributed by atoms with E-state index in [1.54, 1.807) is 29.6 Å². The van der Waals surface area contributed by atoms with Crippen molar-refractivity contribution in [2.24, 2.45) is 0 Å². The lowest BCUT2D eigenvalue weighted by molar-refractivity contribution is 0.0600. The van der Waals surface area contributed by atoms with Crippen LogP contribution in [0.1, 0.15) is 10.4 Å². The second-order valence-corrected chi connectivity index (χ2v) is 8.23. The van der Waals surface area contributed by atoms with Crippen LogP contribution < -0.4 is 4.72 Å². The summed E-state index contributed by atoms with van der Waals surface area (Å²) in [6.07, 6.45) is 0. The number of carbonyl (C=O) groups is 1. The van der Waals surface area contributed by atoms with Crippen molar-refractivity contribution < 1.29 is 22.3 Å². The minimum absolute atomic E-state index is 0.0582. The van der Waals surface area contributed by atoms with Gasteiger partial charge in [0.05, 0.1) is 18.4 Å². The van der Waals surface area contributed by atoms with Crippen molar-refractivity contribution in [2.75, 3.05) is 11.8 Å². The number of esters is 1. The van der Waals surface area contributed by atoms with Gasteiger partial charge in [-0.2, -0.15) is 0 Å². The van der Waals surface area contributed by atoms with Crippen molar-refractivity contribution in [1.82, 2.24) is 4.98 Å². The van der Waals surface area contributed by atoms with Crippen molar-refractivity contribution in [3.8, 4) is 11.3 Å². The number of halogens is 2. The molecule has 2 aromatic carbocycles. The van der Waals surface area contributed by atoms with Gasteiger partial charge >= 0.3 is 5.97 Å². The monoisotopic (exact) mass is 426 g/mol. The average Bonchev–Trinajstić information content (AvgIpc) is 3.09. The average molecular weight is 427 g/mol. The number of ether oxygens (including phenoxy) is 1. The molecule has 1 aromatic heterocycles. The Kier molecular flexibility index (Phi) is 5.45. The van der Waals surface area contributed by atoms with Gasteiger partial charge in [-0.15, -0.1) is 11.3 Å². The Hall–Kier alpha value is -2.49. The van der Waals surface area contributed by atoms with Crippen LogP contribution in [-0.4, -0.2) is 26.5 Å². The van der Waals surface area contributed by atoms with Crippen molar-refractivity contribution >= 4 is 44.1 Å². The molecule has 10 heteroatoms. The Morgan fingerprint density at radius 1 is 1.22 bits per heavy atom. The van der Waals surface area contributed by atoms with Gasteiger partial charge in [-0.25, -0.2) is 22.6 Å². The molecule has 3 aromatic rings. The highest BCUT2D eigenvalue weighted by Gasteiger charge is 2.23. The molecule has 3 rings (SSSR count). The predicted octanol–water partition coefficient (Wildman–Crippen LogP) is 4.19. The quantitative estimate of drug-likeness (QED) is 0.618. The van der Waals surface area contributed by atoms with Gasteiger partial charge in [0.15, 0.2) is 5.13 Å². The van der Waals surface area contributed by atoms with Crippen molar-refractivity contribution in [2.45, 2.75) is 4.90 Å². The molecule has 0 aliphatic heterocycles. The zero-order valence-corrected chi connectivity index (χ0v) is 16.2. The molecule has 0 aliphatic carbocycles. The normalized spacial score (nSPS) is 11.2. The second-order valence-electron chi connectivity index (χ2n) is 5.29. The molecule has 0 bridgehead atoms. The number of sulfonamides is 1. The summed E-state index contributed by atoms with van der Waals surface area (Å²) in [5, 5.41) is 2.28. The van der Waals surface area contributed by atoms with Crippen LogP contribution in [0.5, 0.6) is 0 Å². The zero-order chi connectivity index (χ0) is 19.6. The predicted molar refractivity (Wildman–Crippen MR) is 101 cm³/mol. The number of hydrogen-bond donors (Lipinski definition) is 1. The summed E-state index contributed by atoms with van der Waals surface area (Å²) in [6, 6.07) is 9.81. The van der Waals surface area contributed by atoms with E-state index in [1.165, 1.54) is 0 Å². The SMILES string of the molecule is COC(=O)c1ccc(F)c(S(=O)(=O)Nc2nc(-c3ccc(Cl)cc3)cs2)c1. The number of nitrogens with zero attached hydrogens (tertiary/aromatic N) is 1. The Labute approximate surface area is 163 Å². The van der Waals surface area contributed by atoms with Gasteiger partial charge in [-0.3, -0.25) is 4.72 Å². The van der Waals surface area contributed by atoms with Crippen molar-refractivity contribution in [3.05, 3.63) is 64.2 Å². The highest BCUT2D eigenvalue weighted by Crippen LogP contribution is 2.28. The molecule has 1 heterocycles. The van der Waals surface area contributed by atoms with Gasteiger partial charge in [-0.05, 0) is 30.3 Å². The molecular formula is C17H12ClFN2O4S2. The number of carbonyl (C=O) groups excluding carboxylic acids is 1. The Bertz CT molecular complexity index is 1100. The van der Waals surface area contributed by atoms with Crippen LogP contribution in [0, 0.1) is 5.82 Å². The smallest absolute Gasteiger partial charge is 0.337 e.